The summed E-state index contributed by atoms with van der Waals surface area (Å²) >= 11 is 0. The molecule has 0 saturated heterocycles. The summed E-state index contributed by atoms with van der Waals surface area (Å²) in [5, 5.41) is 8.17. The standard InChI is InChI=1S/C23H19N6O/c1-30-22-12-11-18(15-25-22)26-23-27-21-16-24-13-14-29(21,28-23)20-10-6-5-9-19(20)17-7-3-2-4-8-17/h2-16H,1H3,(H,26,28)/q+1. The van der Waals surface area contributed by atoms with Crippen molar-refractivity contribution in [1.29, 1.82) is 0 Å². The molecule has 0 fully saturated rings. The number of rotatable bonds is 4. The van der Waals surface area contributed by atoms with Crippen LogP contribution in [-0.2, 0) is 0 Å². The minimum absolute atomic E-state index is 0.112. The molecule has 2 aliphatic rings. The third kappa shape index (κ3) is 3.07. The maximum absolute atomic E-state index is 5.12. The summed E-state index contributed by atoms with van der Waals surface area (Å²) < 4.78 is 5.23. The fourth-order valence-electron chi connectivity index (χ4n) is 3.53. The first-order chi connectivity index (χ1) is 14.8. The van der Waals surface area contributed by atoms with E-state index in [0.717, 1.165) is 22.5 Å². The molecule has 0 spiro atoms. The average Bonchev–Trinajstić information content (AvgIpc) is 3.19. The first-order valence-electron chi connectivity index (χ1n) is 9.50. The molecular weight excluding hydrogens is 376 g/mol. The minimum atomic E-state index is 0.112. The number of guanidine groups is 1. The second kappa shape index (κ2) is 7.38. The van der Waals surface area contributed by atoms with Crippen molar-refractivity contribution >= 4 is 29.4 Å². The highest BCUT2D eigenvalue weighted by molar-refractivity contribution is 6.38. The van der Waals surface area contributed by atoms with Crippen molar-refractivity contribution in [3.05, 3.63) is 85.3 Å². The summed E-state index contributed by atoms with van der Waals surface area (Å²) in [6, 6.07) is 22.1. The lowest BCUT2D eigenvalue weighted by molar-refractivity contribution is 0.398. The predicted octanol–water partition coefficient (Wildman–Crippen LogP) is 4.42. The van der Waals surface area contributed by atoms with Gasteiger partial charge in [0, 0.05) is 17.7 Å². The molecule has 0 radical (unpaired) electrons. The first-order valence-corrected chi connectivity index (χ1v) is 9.50. The van der Waals surface area contributed by atoms with Gasteiger partial charge in [0.15, 0.2) is 11.9 Å². The van der Waals surface area contributed by atoms with Gasteiger partial charge < -0.3 is 10.1 Å². The van der Waals surface area contributed by atoms with Gasteiger partial charge in [-0.05, 0) is 22.8 Å². The molecule has 3 aromatic rings. The lowest BCUT2D eigenvalue weighted by Crippen LogP contribution is -2.44. The van der Waals surface area contributed by atoms with E-state index in [2.05, 4.69) is 39.6 Å². The number of ether oxygens (including phenoxy) is 1. The van der Waals surface area contributed by atoms with Crippen LogP contribution in [0, 0.1) is 0 Å². The van der Waals surface area contributed by atoms with Crippen molar-refractivity contribution in [2.45, 2.75) is 0 Å². The second-order valence-electron chi connectivity index (χ2n) is 6.75. The van der Waals surface area contributed by atoms with Gasteiger partial charge in [-0.3, -0.25) is 4.99 Å². The SMILES string of the molecule is COc1ccc(NC2=N[N+]3(c4ccccc4-c4ccccc4)C=CN=CC3=N2)cn1. The molecule has 2 aromatic carbocycles. The summed E-state index contributed by atoms with van der Waals surface area (Å²) in [5.41, 5.74) is 3.97. The molecule has 1 aromatic heterocycles. The quantitative estimate of drug-likeness (QED) is 0.665. The highest BCUT2D eigenvalue weighted by atomic mass is 16.5. The number of quaternary nitrogens is 1. The van der Waals surface area contributed by atoms with E-state index < -0.39 is 0 Å². The van der Waals surface area contributed by atoms with Crippen LogP contribution in [0.15, 0.2) is 100 Å². The summed E-state index contributed by atoms with van der Waals surface area (Å²) in [4.78, 5) is 13.2. The number of fused-ring (bicyclic) bond motifs is 1. The number of hydrogen-bond acceptors (Lipinski definition) is 6. The van der Waals surface area contributed by atoms with Crippen LogP contribution in [0.3, 0.4) is 0 Å². The highest BCUT2D eigenvalue weighted by Crippen LogP contribution is 2.39. The Morgan fingerprint density at radius 2 is 1.77 bits per heavy atom. The number of amidine groups is 1. The van der Waals surface area contributed by atoms with Crippen molar-refractivity contribution < 1.29 is 4.74 Å². The zero-order valence-electron chi connectivity index (χ0n) is 16.3. The summed E-state index contributed by atoms with van der Waals surface area (Å²) in [7, 11) is 1.59. The van der Waals surface area contributed by atoms with Gasteiger partial charge in [-0.1, -0.05) is 47.1 Å². The van der Waals surface area contributed by atoms with Crippen LogP contribution in [0.5, 0.6) is 5.88 Å². The molecule has 7 nitrogen and oxygen atoms in total. The van der Waals surface area contributed by atoms with Crippen LogP contribution >= 0.6 is 0 Å². The fraction of sp³-hybridized carbons (Fsp3) is 0.0435. The summed E-state index contributed by atoms with van der Waals surface area (Å²) in [5.74, 6) is 1.75. The van der Waals surface area contributed by atoms with Crippen molar-refractivity contribution in [3.8, 4) is 17.0 Å². The Hall–Kier alpha value is -4.10. The number of nitrogens with zero attached hydrogens (tertiary/aromatic N) is 5. The van der Waals surface area contributed by atoms with Gasteiger partial charge in [-0.25, -0.2) is 4.98 Å². The van der Waals surface area contributed by atoms with Gasteiger partial charge in [0.25, 0.3) is 11.8 Å². The molecule has 1 unspecified atom stereocenters. The van der Waals surface area contributed by atoms with E-state index in [1.807, 2.05) is 42.6 Å². The molecule has 146 valence electrons. The molecule has 1 N–H and O–H groups in total. The number of benzene rings is 2. The van der Waals surface area contributed by atoms with Gasteiger partial charge in [-0.15, -0.1) is 0 Å². The fourth-order valence-corrected chi connectivity index (χ4v) is 3.53. The van der Waals surface area contributed by atoms with E-state index in [9.17, 15) is 0 Å². The lowest BCUT2D eigenvalue weighted by Gasteiger charge is -2.26. The number of anilines is 1. The van der Waals surface area contributed by atoms with E-state index in [-0.39, 0.29) is 4.59 Å². The Labute approximate surface area is 174 Å². The Bertz CT molecular complexity index is 1200. The molecule has 30 heavy (non-hydrogen) atoms. The number of pyridine rings is 1. The zero-order valence-corrected chi connectivity index (χ0v) is 16.3. The van der Waals surface area contributed by atoms with Crippen molar-refractivity contribution in [3.63, 3.8) is 0 Å². The smallest absolute Gasteiger partial charge is 0.287 e. The molecule has 7 heteroatoms. The van der Waals surface area contributed by atoms with Crippen LogP contribution in [0.4, 0.5) is 11.4 Å². The van der Waals surface area contributed by atoms with Gasteiger partial charge >= 0.3 is 0 Å². The minimum Gasteiger partial charge on any atom is -0.481 e. The van der Waals surface area contributed by atoms with E-state index in [1.54, 1.807) is 31.8 Å². The molecule has 2 aliphatic heterocycles. The van der Waals surface area contributed by atoms with Gasteiger partial charge in [0.05, 0.1) is 25.2 Å². The third-order valence-electron chi connectivity index (χ3n) is 4.94. The molecule has 0 saturated carbocycles. The van der Waals surface area contributed by atoms with Gasteiger partial charge in [-0.2, -0.15) is 4.99 Å². The summed E-state index contributed by atoms with van der Waals surface area (Å²) in [6.07, 6.45) is 7.11. The predicted molar refractivity (Wildman–Crippen MR) is 121 cm³/mol. The van der Waals surface area contributed by atoms with Crippen LogP contribution in [-0.4, -0.2) is 30.1 Å². The molecule has 0 bridgehead atoms. The monoisotopic (exact) mass is 395 g/mol. The van der Waals surface area contributed by atoms with Gasteiger partial charge in [0.1, 0.15) is 6.21 Å². The summed E-state index contributed by atoms with van der Waals surface area (Å²) in [6.45, 7) is 0. The topological polar surface area (TPSA) is 71.2 Å². The van der Waals surface area contributed by atoms with Crippen LogP contribution in [0.25, 0.3) is 11.1 Å². The van der Waals surface area contributed by atoms with Crippen molar-refractivity contribution in [1.82, 2.24) is 9.58 Å². The number of methoxy groups -OCH3 is 1. The number of hydrogen-bond donors (Lipinski definition) is 1. The maximum Gasteiger partial charge on any atom is 0.287 e. The molecule has 1 atom stereocenters. The number of nitrogens with one attached hydrogen (secondary N) is 1. The average molecular weight is 395 g/mol. The number of para-hydroxylation sites is 1. The van der Waals surface area contributed by atoms with Crippen LogP contribution in [0.1, 0.15) is 0 Å². The molecule has 0 aliphatic carbocycles. The van der Waals surface area contributed by atoms with Crippen molar-refractivity contribution in [2.24, 2.45) is 15.1 Å². The molecule has 0 amide bonds. The second-order valence-corrected chi connectivity index (χ2v) is 6.75. The maximum atomic E-state index is 5.12. The van der Waals surface area contributed by atoms with E-state index in [4.69, 9.17) is 14.8 Å². The molecule has 5 rings (SSSR count). The van der Waals surface area contributed by atoms with Crippen molar-refractivity contribution in [2.75, 3.05) is 12.4 Å². The van der Waals surface area contributed by atoms with Crippen LogP contribution in [0.2, 0.25) is 0 Å². The molecular formula is C23H19N6O+. The van der Waals surface area contributed by atoms with E-state index in [0.29, 0.717) is 17.7 Å². The Balaban J connectivity index is 1.58. The molecule has 3 heterocycles. The van der Waals surface area contributed by atoms with Crippen LogP contribution < -0.4 is 14.6 Å². The normalized spacial score (nSPS) is 19.1. The lowest BCUT2D eigenvalue weighted by atomic mass is 10.0. The Kier molecular flexibility index (Phi) is 4.42. The van der Waals surface area contributed by atoms with E-state index in [1.165, 1.54) is 0 Å². The highest BCUT2D eigenvalue weighted by Gasteiger charge is 2.44. The van der Waals surface area contributed by atoms with E-state index >= 15 is 0 Å². The Morgan fingerprint density at radius 1 is 0.933 bits per heavy atom. The largest absolute Gasteiger partial charge is 0.481 e. The number of aliphatic imine (C=N–C) groups is 2. The van der Waals surface area contributed by atoms with Gasteiger partial charge in [0.2, 0.25) is 5.88 Å². The third-order valence-corrected chi connectivity index (χ3v) is 4.94. The first kappa shape index (κ1) is 18.0. The Morgan fingerprint density at radius 3 is 2.57 bits per heavy atom. The zero-order chi connectivity index (χ0) is 20.4. The number of aromatic nitrogens is 1.